The first kappa shape index (κ1) is 25.2. The molecule has 0 saturated carbocycles. The summed E-state index contributed by atoms with van der Waals surface area (Å²) in [6, 6.07) is 23.1. The van der Waals surface area contributed by atoms with Crippen LogP contribution in [0.4, 0.5) is 5.69 Å². The second kappa shape index (κ2) is 10.9. The molecule has 1 fully saturated rings. The Morgan fingerprint density at radius 1 is 0.892 bits per heavy atom. The summed E-state index contributed by atoms with van der Waals surface area (Å²) in [5, 5.41) is 1.47. The number of nitrogens with one attached hydrogen (secondary N) is 1. The highest BCUT2D eigenvalue weighted by molar-refractivity contribution is 7.93. The van der Waals surface area contributed by atoms with Crippen molar-refractivity contribution in [2.75, 3.05) is 30.9 Å². The number of amides is 1. The molecule has 5 rings (SSSR count). The quantitative estimate of drug-likeness (QED) is 0.375. The smallest absolute Gasteiger partial charge is 0.264 e. The monoisotopic (exact) mass is 534 g/mol. The number of rotatable bonds is 6. The molecule has 1 aliphatic heterocycles. The lowest BCUT2D eigenvalue weighted by atomic mass is 10.2. The number of hydrogen-bond acceptors (Lipinski definition) is 5. The van der Waals surface area contributed by atoms with E-state index in [2.05, 4.69) is 14.6 Å². The Labute approximate surface area is 221 Å². The van der Waals surface area contributed by atoms with Crippen molar-refractivity contribution in [3.05, 3.63) is 101 Å². The lowest BCUT2D eigenvalue weighted by Gasteiger charge is -2.22. The van der Waals surface area contributed by atoms with Crippen molar-refractivity contribution in [3.63, 3.8) is 0 Å². The molecule has 3 aromatic carbocycles. The number of pyridine rings is 1. The number of para-hydroxylation sites is 1. The van der Waals surface area contributed by atoms with Gasteiger partial charge in [0.05, 0.1) is 5.52 Å². The molecule has 0 atom stereocenters. The molecule has 1 amide bonds. The number of carbonyl (C=O) groups is 1. The molecule has 1 N–H and O–H groups in total. The van der Waals surface area contributed by atoms with E-state index in [1.807, 2.05) is 41.3 Å². The molecule has 1 aliphatic rings. The predicted octanol–water partition coefficient (Wildman–Crippen LogP) is 5.04. The Morgan fingerprint density at radius 2 is 1.65 bits per heavy atom. The molecule has 1 aromatic heterocycles. The van der Waals surface area contributed by atoms with Crippen molar-refractivity contribution in [1.82, 2.24) is 14.8 Å². The zero-order valence-electron chi connectivity index (χ0n) is 20.2. The number of halogens is 1. The molecule has 0 bridgehead atoms. The molecule has 0 aliphatic carbocycles. The summed E-state index contributed by atoms with van der Waals surface area (Å²) in [7, 11) is -3.85. The van der Waals surface area contributed by atoms with Crippen molar-refractivity contribution < 1.29 is 13.2 Å². The third kappa shape index (κ3) is 5.93. The molecular weight excluding hydrogens is 508 g/mol. The molecule has 9 heteroatoms. The van der Waals surface area contributed by atoms with E-state index in [0.717, 1.165) is 36.5 Å². The molecular formula is C28H27ClN4O3S. The van der Waals surface area contributed by atoms with Crippen LogP contribution in [0.15, 0.2) is 90.0 Å². The number of benzene rings is 3. The summed E-state index contributed by atoms with van der Waals surface area (Å²) in [6.45, 7) is 3.83. The van der Waals surface area contributed by atoms with Crippen LogP contribution in [0.3, 0.4) is 0 Å². The van der Waals surface area contributed by atoms with Crippen molar-refractivity contribution in [1.29, 1.82) is 0 Å². The van der Waals surface area contributed by atoms with E-state index in [9.17, 15) is 13.2 Å². The van der Waals surface area contributed by atoms with Gasteiger partial charge in [0.15, 0.2) is 0 Å². The number of hydrogen-bond donors (Lipinski definition) is 1. The standard InChI is InChI=1S/C28H27ClN4O3S/c29-24-11-7-21(8-12-24)20-32-16-3-17-33(19-18-32)28(34)23-9-13-25(14-10-23)31-37(35,36)26-6-1-4-22-5-2-15-30-27(22)26/h1-2,4-15,31H,3,16-20H2. The van der Waals surface area contributed by atoms with Crippen molar-refractivity contribution in [2.24, 2.45) is 0 Å². The molecule has 0 unspecified atom stereocenters. The van der Waals surface area contributed by atoms with Gasteiger partial charge in [-0.2, -0.15) is 0 Å². The topological polar surface area (TPSA) is 82.6 Å². The highest BCUT2D eigenvalue weighted by Crippen LogP contribution is 2.24. The predicted molar refractivity (Wildman–Crippen MR) is 146 cm³/mol. The summed E-state index contributed by atoms with van der Waals surface area (Å²) < 4.78 is 28.7. The van der Waals surface area contributed by atoms with Crippen molar-refractivity contribution >= 4 is 44.1 Å². The summed E-state index contributed by atoms with van der Waals surface area (Å²) >= 11 is 5.99. The zero-order chi connectivity index (χ0) is 25.8. The highest BCUT2D eigenvalue weighted by atomic mass is 35.5. The first-order chi connectivity index (χ1) is 17.9. The van der Waals surface area contributed by atoms with Gasteiger partial charge in [-0.15, -0.1) is 0 Å². The van der Waals surface area contributed by atoms with E-state index in [4.69, 9.17) is 11.6 Å². The van der Waals surface area contributed by atoms with Crippen LogP contribution in [0.25, 0.3) is 10.9 Å². The zero-order valence-corrected chi connectivity index (χ0v) is 21.8. The van der Waals surface area contributed by atoms with Gasteiger partial charge in [-0.3, -0.25) is 19.4 Å². The van der Waals surface area contributed by atoms with E-state index >= 15 is 0 Å². The number of nitrogens with zero attached hydrogens (tertiary/aromatic N) is 3. The lowest BCUT2D eigenvalue weighted by Crippen LogP contribution is -2.35. The van der Waals surface area contributed by atoms with Gasteiger partial charge in [0.2, 0.25) is 0 Å². The second-order valence-electron chi connectivity index (χ2n) is 9.06. The molecule has 0 radical (unpaired) electrons. The van der Waals surface area contributed by atoms with Crippen LogP contribution in [0.2, 0.25) is 5.02 Å². The largest absolute Gasteiger partial charge is 0.337 e. The van der Waals surface area contributed by atoms with E-state index in [-0.39, 0.29) is 10.8 Å². The maximum atomic E-state index is 13.2. The van der Waals surface area contributed by atoms with Crippen LogP contribution in [-0.2, 0) is 16.6 Å². The fourth-order valence-corrected chi connectivity index (χ4v) is 5.91. The maximum Gasteiger partial charge on any atom is 0.264 e. The van der Waals surface area contributed by atoms with Gasteiger partial charge in [-0.05, 0) is 60.5 Å². The molecule has 7 nitrogen and oxygen atoms in total. The first-order valence-electron chi connectivity index (χ1n) is 12.1. The minimum absolute atomic E-state index is 0.0546. The first-order valence-corrected chi connectivity index (χ1v) is 14.0. The van der Waals surface area contributed by atoms with Crippen LogP contribution in [0.1, 0.15) is 22.3 Å². The van der Waals surface area contributed by atoms with Crippen LogP contribution in [0.5, 0.6) is 0 Å². The van der Waals surface area contributed by atoms with E-state index in [1.54, 1.807) is 42.6 Å². The molecule has 190 valence electrons. The third-order valence-corrected chi connectivity index (χ3v) is 8.13. The minimum Gasteiger partial charge on any atom is -0.337 e. The Bertz CT molecular complexity index is 1500. The number of fused-ring (bicyclic) bond motifs is 1. The normalized spacial score (nSPS) is 14.9. The van der Waals surface area contributed by atoms with Gasteiger partial charge >= 0.3 is 0 Å². The average molecular weight is 535 g/mol. The van der Waals surface area contributed by atoms with Crippen LogP contribution < -0.4 is 4.72 Å². The lowest BCUT2D eigenvalue weighted by molar-refractivity contribution is 0.0761. The Hall–Kier alpha value is -3.46. The van der Waals surface area contributed by atoms with Gasteiger partial charge in [-0.1, -0.05) is 41.9 Å². The Kier molecular flexibility index (Phi) is 7.41. The number of anilines is 1. The number of sulfonamides is 1. The fraction of sp³-hybridized carbons (Fsp3) is 0.214. The van der Waals surface area contributed by atoms with Gasteiger partial charge in [0, 0.05) is 60.6 Å². The third-order valence-electron chi connectivity index (χ3n) is 6.46. The van der Waals surface area contributed by atoms with Gasteiger partial charge < -0.3 is 4.90 Å². The molecule has 2 heterocycles. The van der Waals surface area contributed by atoms with E-state index in [0.29, 0.717) is 29.9 Å². The van der Waals surface area contributed by atoms with Crippen molar-refractivity contribution in [2.45, 2.75) is 17.9 Å². The summed E-state index contributed by atoms with van der Waals surface area (Å²) in [4.78, 5) is 21.7. The number of carbonyl (C=O) groups excluding carboxylic acids is 1. The van der Waals surface area contributed by atoms with Crippen LogP contribution in [0, 0.1) is 0 Å². The van der Waals surface area contributed by atoms with Crippen LogP contribution >= 0.6 is 11.6 Å². The summed E-state index contributed by atoms with van der Waals surface area (Å²) in [6.07, 6.45) is 2.46. The Morgan fingerprint density at radius 3 is 2.43 bits per heavy atom. The van der Waals surface area contributed by atoms with Crippen molar-refractivity contribution in [3.8, 4) is 0 Å². The second-order valence-corrected chi connectivity index (χ2v) is 11.1. The molecule has 0 spiro atoms. The average Bonchev–Trinajstić information content (AvgIpc) is 3.15. The molecule has 4 aromatic rings. The van der Waals surface area contributed by atoms with E-state index in [1.165, 1.54) is 11.6 Å². The maximum absolute atomic E-state index is 13.2. The van der Waals surface area contributed by atoms with Gasteiger partial charge in [-0.25, -0.2) is 8.42 Å². The number of aromatic nitrogens is 1. The highest BCUT2D eigenvalue weighted by Gasteiger charge is 2.22. The fourth-order valence-electron chi connectivity index (χ4n) is 4.55. The summed E-state index contributed by atoms with van der Waals surface area (Å²) in [5.41, 5.74) is 2.52. The summed E-state index contributed by atoms with van der Waals surface area (Å²) in [5.74, 6) is -0.0546. The van der Waals surface area contributed by atoms with E-state index < -0.39 is 10.0 Å². The van der Waals surface area contributed by atoms with Gasteiger partial charge in [0.1, 0.15) is 4.90 Å². The SMILES string of the molecule is O=C(c1ccc(NS(=O)(=O)c2cccc3cccnc23)cc1)N1CCCN(Cc2ccc(Cl)cc2)CC1. The van der Waals surface area contributed by atoms with Gasteiger partial charge in [0.25, 0.3) is 15.9 Å². The molecule has 1 saturated heterocycles. The molecule has 37 heavy (non-hydrogen) atoms. The minimum atomic E-state index is -3.85. The Balaban J connectivity index is 1.23. The van der Waals surface area contributed by atoms with Crippen LogP contribution in [-0.4, -0.2) is 55.3 Å².